The van der Waals surface area contributed by atoms with E-state index in [4.69, 9.17) is 28.9 Å². The normalized spacial score (nSPS) is 11.6. The van der Waals surface area contributed by atoms with Gasteiger partial charge in [-0.1, -0.05) is 0 Å². The van der Waals surface area contributed by atoms with E-state index in [1.807, 2.05) is 164 Å². The van der Waals surface area contributed by atoms with Crippen molar-refractivity contribution < 1.29 is 56.4 Å². The number of aromatic amines is 2. The minimum atomic E-state index is -0.400. The molecule has 7 aromatic heterocycles. The topological polar surface area (TPSA) is 178 Å². The van der Waals surface area contributed by atoms with Gasteiger partial charge in [-0.3, -0.25) is 0 Å². The highest BCUT2D eigenvalue weighted by molar-refractivity contribution is 5.98. The number of fused-ring (bicyclic) bond motifs is 8. The van der Waals surface area contributed by atoms with Crippen LogP contribution in [-0.4, -0.2) is 70.2 Å². The predicted octanol–water partition coefficient (Wildman–Crippen LogP) is 6.73. The number of hydrogen-bond donors (Lipinski definition) is 2. The van der Waals surface area contributed by atoms with E-state index in [0.29, 0.717) is 89.9 Å². The summed E-state index contributed by atoms with van der Waals surface area (Å²) in [6.45, 7) is 7.74. The van der Waals surface area contributed by atoms with Gasteiger partial charge in [-0.2, -0.15) is 18.3 Å². The average molecular weight is 967 g/mol. The van der Waals surface area contributed by atoms with E-state index in [-0.39, 0.29) is 52.6 Å². The monoisotopic (exact) mass is 966 g/mol. The van der Waals surface area contributed by atoms with Crippen LogP contribution in [0.15, 0.2) is 122 Å². The first-order chi connectivity index (χ1) is 35.2. The molecule has 8 bridgehead atoms. The van der Waals surface area contributed by atoms with Crippen molar-refractivity contribution in [3.63, 3.8) is 0 Å². The van der Waals surface area contributed by atoms with Gasteiger partial charge in [0, 0.05) is 48.5 Å². The molecule has 16 heteroatoms. The van der Waals surface area contributed by atoms with E-state index in [1.54, 1.807) is 27.7 Å². The van der Waals surface area contributed by atoms with Crippen molar-refractivity contribution in [3.05, 3.63) is 145 Å². The Morgan fingerprint density at radius 3 is 0.833 bits per heavy atom. The predicted molar refractivity (Wildman–Crippen MR) is 268 cm³/mol. The van der Waals surface area contributed by atoms with Crippen molar-refractivity contribution in [3.8, 4) is 45.0 Å². The summed E-state index contributed by atoms with van der Waals surface area (Å²) in [4.78, 5) is 71.0. The number of carbonyl (C=O) groups is 4. The first-order valence-electron chi connectivity index (χ1n) is 23.9. The van der Waals surface area contributed by atoms with Crippen LogP contribution in [0.3, 0.4) is 0 Å². The van der Waals surface area contributed by atoms with Gasteiger partial charge in [0.1, 0.15) is 0 Å². The first-order valence-corrected chi connectivity index (χ1v) is 23.9. The lowest BCUT2D eigenvalue weighted by atomic mass is 10.1. The zero-order chi connectivity index (χ0) is 50.1. The van der Waals surface area contributed by atoms with Crippen LogP contribution in [0.2, 0.25) is 0 Å². The molecule has 9 heterocycles. The van der Waals surface area contributed by atoms with Gasteiger partial charge >= 0.3 is 23.9 Å². The molecule has 0 unspecified atom stereocenters. The molecule has 7 aromatic rings. The number of aromatic nitrogens is 8. The molecule has 0 atom stereocenters. The fourth-order valence-electron chi connectivity index (χ4n) is 9.03. The summed E-state index contributed by atoms with van der Waals surface area (Å²) >= 11 is 0. The maximum Gasteiger partial charge on any atom is 0.372 e. The quantitative estimate of drug-likeness (QED) is 0.0600. The highest BCUT2D eigenvalue weighted by Gasteiger charge is 2.29. The van der Waals surface area contributed by atoms with Gasteiger partial charge in [0.2, 0.25) is 49.0 Å². The Morgan fingerprint density at radius 2 is 0.611 bits per heavy atom. The second kappa shape index (κ2) is 21.8. The van der Waals surface area contributed by atoms with E-state index in [1.165, 1.54) is 0 Å². The summed E-state index contributed by atoms with van der Waals surface area (Å²) in [6.07, 6.45) is 15.1. The van der Waals surface area contributed by atoms with Crippen LogP contribution in [-0.2, 0) is 64.3 Å². The fourth-order valence-corrected chi connectivity index (χ4v) is 9.03. The third-order valence-electron chi connectivity index (χ3n) is 12.0. The molecule has 0 amide bonds. The van der Waals surface area contributed by atoms with E-state index in [0.717, 1.165) is 0 Å². The van der Waals surface area contributed by atoms with Crippen molar-refractivity contribution in [2.24, 2.45) is 0 Å². The van der Waals surface area contributed by atoms with Gasteiger partial charge < -0.3 is 28.9 Å². The Morgan fingerprint density at radius 1 is 0.375 bits per heavy atom. The van der Waals surface area contributed by atoms with E-state index in [9.17, 15) is 19.2 Å². The molecule has 2 N–H and O–H groups in total. The van der Waals surface area contributed by atoms with Gasteiger partial charge in [-0.05, 0) is 101 Å². The Kier molecular flexibility index (Phi) is 14.6. The molecule has 2 aliphatic heterocycles. The summed E-state index contributed by atoms with van der Waals surface area (Å²) in [5, 5.41) is 0. The first kappa shape index (κ1) is 48.1. The molecular weight excluding hydrogens is 913 g/mol. The summed E-state index contributed by atoms with van der Waals surface area (Å²) in [5.41, 5.74) is 10.4. The van der Waals surface area contributed by atoms with Crippen LogP contribution in [0, 0.1) is 0 Å². The lowest BCUT2D eigenvalue weighted by Crippen LogP contribution is -2.40. The van der Waals surface area contributed by atoms with Gasteiger partial charge in [-0.25, -0.2) is 29.1 Å². The van der Waals surface area contributed by atoms with E-state index >= 15 is 0 Å². The number of H-pyrrole nitrogens is 2. The number of pyridine rings is 4. The average Bonchev–Trinajstić information content (AvgIpc) is 4.23. The maximum absolute atomic E-state index is 13.2. The summed E-state index contributed by atoms with van der Waals surface area (Å²) in [5.74, 6) is -1.60. The summed E-state index contributed by atoms with van der Waals surface area (Å²) in [6, 6.07) is 30.7. The van der Waals surface area contributed by atoms with Crippen LogP contribution in [0.1, 0.15) is 50.5 Å². The molecule has 0 saturated heterocycles. The molecule has 0 aliphatic carbocycles. The van der Waals surface area contributed by atoms with E-state index in [2.05, 4.69) is 9.97 Å². The molecule has 72 heavy (non-hydrogen) atoms. The van der Waals surface area contributed by atoms with Crippen LogP contribution in [0.25, 0.3) is 91.4 Å². The van der Waals surface area contributed by atoms with Crippen molar-refractivity contribution in [1.29, 1.82) is 0 Å². The van der Waals surface area contributed by atoms with Crippen molar-refractivity contribution >= 4 is 70.2 Å². The third kappa shape index (κ3) is 10.2. The summed E-state index contributed by atoms with van der Waals surface area (Å²) < 4.78 is 29.1. The lowest BCUT2D eigenvalue weighted by Gasteiger charge is -2.07. The van der Waals surface area contributed by atoms with Crippen LogP contribution >= 0.6 is 0 Å². The highest BCUT2D eigenvalue weighted by Crippen LogP contribution is 2.36. The SMILES string of the molecule is CCOC(=O)C[n+]1ccccc1-c1c2nc(c(-c3cccc[n+]3CC(=O)OCC)c3ccc([nH]3)c(-c3cccc[n+]3CC(=O)OCC)c3nc(c(-c4cccc[n+]4CC(=O)OCC)c4ccc1[nH]4)C=C3)C=C2. The second-order valence-corrected chi connectivity index (χ2v) is 16.6. The lowest BCUT2D eigenvalue weighted by molar-refractivity contribution is -0.675. The number of rotatable bonds is 16. The summed E-state index contributed by atoms with van der Waals surface area (Å²) in [7, 11) is 0. The van der Waals surface area contributed by atoms with Crippen LogP contribution in [0.4, 0.5) is 0 Å². The van der Waals surface area contributed by atoms with Gasteiger partial charge in [0.15, 0.2) is 24.8 Å². The second-order valence-electron chi connectivity index (χ2n) is 16.6. The number of hydrogen-bond acceptors (Lipinski definition) is 10. The molecule has 0 radical (unpaired) electrons. The molecule has 0 aromatic carbocycles. The number of nitrogens with one attached hydrogen (secondary N) is 2. The zero-order valence-electron chi connectivity index (χ0n) is 40.5. The molecule has 9 rings (SSSR count). The smallest absolute Gasteiger partial charge is 0.372 e. The minimum Gasteiger partial charge on any atom is -0.461 e. The molecule has 0 saturated carbocycles. The molecule has 362 valence electrons. The van der Waals surface area contributed by atoms with Gasteiger partial charge in [0.05, 0.1) is 93.5 Å². The maximum atomic E-state index is 13.2. The molecular formula is C56H54N8O8+4. The fraction of sp³-hybridized carbons (Fsp3) is 0.214. The van der Waals surface area contributed by atoms with Crippen molar-refractivity contribution in [1.82, 2.24) is 19.9 Å². The Bertz CT molecular complexity index is 3040. The Balaban J connectivity index is 1.45. The molecule has 0 spiro atoms. The van der Waals surface area contributed by atoms with Crippen LogP contribution in [0.5, 0.6) is 0 Å². The van der Waals surface area contributed by atoms with Crippen molar-refractivity contribution in [2.75, 3.05) is 26.4 Å². The number of esters is 4. The zero-order valence-corrected chi connectivity index (χ0v) is 40.5. The molecule has 16 nitrogen and oxygen atoms in total. The van der Waals surface area contributed by atoms with Crippen molar-refractivity contribution in [2.45, 2.75) is 53.9 Å². The van der Waals surface area contributed by atoms with Gasteiger partial charge in [-0.15, -0.1) is 0 Å². The Labute approximate surface area is 415 Å². The van der Waals surface area contributed by atoms with E-state index < -0.39 is 23.9 Å². The minimum absolute atomic E-state index is 0.0648. The number of ether oxygens (including phenoxy) is 4. The number of nitrogens with zero attached hydrogens (tertiary/aromatic N) is 6. The van der Waals surface area contributed by atoms with Gasteiger partial charge in [0.25, 0.3) is 0 Å². The Hall–Kier alpha value is -8.92. The standard InChI is InChI=1S/C56H53N8O8/c1-5-69-49(65)33-61-29-13-9-17-45(61)53-37-21-23-39(57-37)54(46-18-10-14-30-62(46)34-50(66)70-6-2)41-25-27-43(59-41)56(48-20-12-16-32-64(48)36-52(68)72-8-4)44-28-26-42(60-44)55(40-24-22-38(53)58-40)47-19-11-15-31-63(47)35-51(67)71-7-3/h9-32H,5-8,33-36H2,1-4H3,(H,57,58,59,60)/q+3/p+1. The molecule has 0 fully saturated rings. The third-order valence-corrected chi connectivity index (χ3v) is 12.0. The van der Waals surface area contributed by atoms with Crippen LogP contribution < -0.4 is 18.3 Å². The molecule has 2 aliphatic rings. The largest absolute Gasteiger partial charge is 0.461 e. The number of carbonyl (C=O) groups excluding carboxylic acids is 4. The highest BCUT2D eigenvalue weighted by atomic mass is 16.5.